The van der Waals surface area contributed by atoms with E-state index in [0.717, 1.165) is 42.5 Å². The fraction of sp³-hybridized carbons (Fsp3) is 0.524. The van der Waals surface area contributed by atoms with E-state index in [1.54, 1.807) is 6.08 Å². The highest BCUT2D eigenvalue weighted by atomic mass is 79.9. The Hall–Kier alpha value is -1.66. The SMILES string of the molecule is C[C@@H]1CCCCN1C(=O)CN1CCN(C(=O)/C=C/c2cccc(Br)c2)CC1. The molecule has 2 aliphatic rings. The molecule has 2 fully saturated rings. The normalized spacial score (nSPS) is 21.6. The third-order valence-electron chi connectivity index (χ3n) is 5.43. The number of carbonyl (C=O) groups excluding carboxylic acids is 2. The second kappa shape index (κ2) is 9.51. The Bertz CT molecular complexity index is 698. The molecule has 1 aromatic rings. The number of piperidine rings is 1. The highest BCUT2D eigenvalue weighted by molar-refractivity contribution is 9.10. The van der Waals surface area contributed by atoms with Crippen LogP contribution in [-0.4, -0.2) is 71.8 Å². The van der Waals surface area contributed by atoms with Crippen LogP contribution >= 0.6 is 15.9 Å². The lowest BCUT2D eigenvalue weighted by Gasteiger charge is -2.37. The van der Waals surface area contributed by atoms with Crippen LogP contribution in [0.3, 0.4) is 0 Å². The van der Waals surface area contributed by atoms with Gasteiger partial charge in [0.15, 0.2) is 0 Å². The molecule has 0 bridgehead atoms. The Morgan fingerprint density at radius 3 is 2.63 bits per heavy atom. The van der Waals surface area contributed by atoms with Crippen LogP contribution in [0.4, 0.5) is 0 Å². The van der Waals surface area contributed by atoms with E-state index in [0.29, 0.717) is 25.7 Å². The van der Waals surface area contributed by atoms with Gasteiger partial charge in [0, 0.05) is 49.3 Å². The molecule has 146 valence electrons. The first-order chi connectivity index (χ1) is 13.0. The molecule has 3 rings (SSSR count). The van der Waals surface area contributed by atoms with Crippen molar-refractivity contribution in [1.29, 1.82) is 0 Å². The fourth-order valence-corrected chi connectivity index (χ4v) is 4.18. The molecule has 2 amide bonds. The zero-order chi connectivity index (χ0) is 19.2. The van der Waals surface area contributed by atoms with Gasteiger partial charge in [-0.15, -0.1) is 0 Å². The van der Waals surface area contributed by atoms with Crippen LogP contribution < -0.4 is 0 Å². The smallest absolute Gasteiger partial charge is 0.246 e. The number of nitrogens with zero attached hydrogens (tertiary/aromatic N) is 3. The maximum absolute atomic E-state index is 12.6. The predicted molar refractivity (Wildman–Crippen MR) is 111 cm³/mol. The summed E-state index contributed by atoms with van der Waals surface area (Å²) >= 11 is 3.44. The largest absolute Gasteiger partial charge is 0.339 e. The summed E-state index contributed by atoms with van der Waals surface area (Å²) in [6.07, 6.45) is 6.93. The van der Waals surface area contributed by atoms with Crippen molar-refractivity contribution in [3.63, 3.8) is 0 Å². The highest BCUT2D eigenvalue weighted by Crippen LogP contribution is 2.17. The van der Waals surface area contributed by atoms with E-state index in [1.807, 2.05) is 40.1 Å². The van der Waals surface area contributed by atoms with Gasteiger partial charge in [0.2, 0.25) is 11.8 Å². The van der Waals surface area contributed by atoms with Gasteiger partial charge < -0.3 is 9.80 Å². The van der Waals surface area contributed by atoms with Crippen molar-refractivity contribution in [2.45, 2.75) is 32.2 Å². The molecule has 5 nitrogen and oxygen atoms in total. The maximum Gasteiger partial charge on any atom is 0.246 e. The van der Waals surface area contributed by atoms with Gasteiger partial charge in [0.05, 0.1) is 6.54 Å². The van der Waals surface area contributed by atoms with Crippen molar-refractivity contribution < 1.29 is 9.59 Å². The summed E-state index contributed by atoms with van der Waals surface area (Å²) in [4.78, 5) is 31.0. The number of hydrogen-bond donors (Lipinski definition) is 0. The number of carbonyl (C=O) groups is 2. The van der Waals surface area contributed by atoms with Crippen LogP contribution in [0.1, 0.15) is 31.7 Å². The van der Waals surface area contributed by atoms with E-state index in [2.05, 4.69) is 27.8 Å². The molecule has 0 aromatic heterocycles. The van der Waals surface area contributed by atoms with Gasteiger partial charge in [-0.05, 0) is 50.0 Å². The number of amides is 2. The summed E-state index contributed by atoms with van der Waals surface area (Å²) < 4.78 is 0.999. The zero-order valence-corrected chi connectivity index (χ0v) is 17.5. The Kier molecular flexibility index (Phi) is 7.07. The summed E-state index contributed by atoms with van der Waals surface area (Å²) in [7, 11) is 0. The Balaban J connectivity index is 1.45. The minimum atomic E-state index is 0.0330. The summed E-state index contributed by atoms with van der Waals surface area (Å²) in [5.74, 6) is 0.266. The lowest BCUT2D eigenvalue weighted by Crippen LogP contribution is -2.52. The minimum absolute atomic E-state index is 0.0330. The van der Waals surface area contributed by atoms with Crippen molar-refractivity contribution in [1.82, 2.24) is 14.7 Å². The molecule has 0 N–H and O–H groups in total. The number of halogens is 1. The maximum atomic E-state index is 12.6. The van der Waals surface area contributed by atoms with Crippen molar-refractivity contribution in [2.75, 3.05) is 39.3 Å². The number of hydrogen-bond acceptors (Lipinski definition) is 3. The average Bonchev–Trinajstić information content (AvgIpc) is 2.67. The molecule has 0 unspecified atom stereocenters. The first-order valence-corrected chi connectivity index (χ1v) is 10.6. The summed E-state index contributed by atoms with van der Waals surface area (Å²) in [6.45, 7) is 6.36. The average molecular weight is 434 g/mol. The van der Waals surface area contributed by atoms with E-state index in [4.69, 9.17) is 0 Å². The number of piperazine rings is 1. The van der Waals surface area contributed by atoms with Gasteiger partial charge in [-0.1, -0.05) is 28.1 Å². The van der Waals surface area contributed by atoms with Crippen LogP contribution in [0.5, 0.6) is 0 Å². The molecule has 6 heteroatoms. The monoisotopic (exact) mass is 433 g/mol. The fourth-order valence-electron chi connectivity index (χ4n) is 3.76. The molecule has 0 aliphatic carbocycles. The first-order valence-electron chi connectivity index (χ1n) is 9.77. The van der Waals surface area contributed by atoms with Crippen LogP contribution in [0.15, 0.2) is 34.8 Å². The third-order valence-corrected chi connectivity index (χ3v) is 5.93. The van der Waals surface area contributed by atoms with Crippen LogP contribution in [0, 0.1) is 0 Å². The van der Waals surface area contributed by atoms with Crippen molar-refractivity contribution >= 4 is 33.8 Å². The quantitative estimate of drug-likeness (QED) is 0.685. The number of benzene rings is 1. The first kappa shape index (κ1) is 20.1. The van der Waals surface area contributed by atoms with E-state index < -0.39 is 0 Å². The van der Waals surface area contributed by atoms with Crippen molar-refractivity contribution in [2.24, 2.45) is 0 Å². The molecule has 27 heavy (non-hydrogen) atoms. The van der Waals surface area contributed by atoms with Crippen molar-refractivity contribution in [3.05, 3.63) is 40.4 Å². The van der Waals surface area contributed by atoms with Gasteiger partial charge in [0.25, 0.3) is 0 Å². The number of rotatable bonds is 4. The van der Waals surface area contributed by atoms with E-state index in [1.165, 1.54) is 6.42 Å². The molecule has 2 aliphatic heterocycles. The van der Waals surface area contributed by atoms with Gasteiger partial charge in [-0.25, -0.2) is 0 Å². The Morgan fingerprint density at radius 1 is 1.15 bits per heavy atom. The molecular formula is C21H28BrN3O2. The molecule has 2 saturated heterocycles. The molecular weight excluding hydrogens is 406 g/mol. The lowest BCUT2D eigenvalue weighted by atomic mass is 10.0. The van der Waals surface area contributed by atoms with Gasteiger partial charge in [-0.2, -0.15) is 0 Å². The summed E-state index contributed by atoms with van der Waals surface area (Å²) in [5, 5.41) is 0. The standard InChI is InChI=1S/C21H28BrN3O2/c1-17-5-2-3-10-25(17)21(27)16-23-11-13-24(14-12-23)20(26)9-8-18-6-4-7-19(22)15-18/h4,6-9,15,17H,2-3,5,10-14,16H2,1H3/b9-8+/t17-/m1/s1. The second-order valence-corrected chi connectivity index (χ2v) is 8.34. The predicted octanol–water partition coefficient (Wildman–Crippen LogP) is 3.01. The molecule has 0 spiro atoms. The van der Waals surface area contributed by atoms with E-state index in [-0.39, 0.29) is 11.8 Å². The van der Waals surface area contributed by atoms with Gasteiger partial charge in [0.1, 0.15) is 0 Å². The lowest BCUT2D eigenvalue weighted by molar-refractivity contribution is -0.136. The molecule has 0 radical (unpaired) electrons. The molecule has 0 saturated carbocycles. The minimum Gasteiger partial charge on any atom is -0.339 e. The molecule has 1 atom stereocenters. The van der Waals surface area contributed by atoms with Gasteiger partial charge >= 0.3 is 0 Å². The highest BCUT2D eigenvalue weighted by Gasteiger charge is 2.26. The van der Waals surface area contributed by atoms with Crippen LogP contribution in [0.25, 0.3) is 6.08 Å². The zero-order valence-electron chi connectivity index (χ0n) is 15.9. The Labute approximate surface area is 170 Å². The Morgan fingerprint density at radius 2 is 1.93 bits per heavy atom. The summed E-state index contributed by atoms with van der Waals surface area (Å²) in [6, 6.07) is 8.23. The van der Waals surface area contributed by atoms with E-state index >= 15 is 0 Å². The van der Waals surface area contributed by atoms with Crippen LogP contribution in [-0.2, 0) is 9.59 Å². The van der Waals surface area contributed by atoms with Crippen molar-refractivity contribution in [3.8, 4) is 0 Å². The number of likely N-dealkylation sites (tertiary alicyclic amines) is 1. The van der Waals surface area contributed by atoms with Crippen LogP contribution in [0.2, 0.25) is 0 Å². The van der Waals surface area contributed by atoms with Gasteiger partial charge in [-0.3, -0.25) is 14.5 Å². The van der Waals surface area contributed by atoms with E-state index in [9.17, 15) is 9.59 Å². The summed E-state index contributed by atoms with van der Waals surface area (Å²) in [5.41, 5.74) is 0.998. The third kappa shape index (κ3) is 5.66. The topological polar surface area (TPSA) is 43.9 Å². The molecule has 2 heterocycles. The second-order valence-electron chi connectivity index (χ2n) is 7.42. The molecule has 1 aromatic carbocycles.